The summed E-state index contributed by atoms with van der Waals surface area (Å²) in [7, 11) is -3.27. The summed E-state index contributed by atoms with van der Waals surface area (Å²) in [5, 5.41) is 3.62. The maximum absolute atomic E-state index is 13.1. The van der Waals surface area contributed by atoms with Crippen LogP contribution in [0.4, 0.5) is 5.13 Å². The summed E-state index contributed by atoms with van der Waals surface area (Å²) in [6, 6.07) is 10.0. The van der Waals surface area contributed by atoms with Crippen LogP contribution in [-0.4, -0.2) is 67.0 Å². The van der Waals surface area contributed by atoms with Crippen LogP contribution in [0.3, 0.4) is 0 Å². The Balaban J connectivity index is 1.35. The van der Waals surface area contributed by atoms with Crippen LogP contribution in [0.1, 0.15) is 51.8 Å². The molecular weight excluding hydrogens is 492 g/mol. The number of nitrogens with zero attached hydrogens (tertiary/aromatic N) is 3. The molecule has 36 heavy (non-hydrogen) atoms. The Bertz CT molecular complexity index is 1170. The highest BCUT2D eigenvalue weighted by Gasteiger charge is 2.47. The van der Waals surface area contributed by atoms with Crippen LogP contribution in [0.5, 0.6) is 0 Å². The van der Waals surface area contributed by atoms with Gasteiger partial charge in [0.1, 0.15) is 0 Å². The van der Waals surface area contributed by atoms with Crippen molar-refractivity contribution >= 4 is 32.4 Å². The predicted molar refractivity (Wildman–Crippen MR) is 148 cm³/mol. The summed E-state index contributed by atoms with van der Waals surface area (Å²) < 4.78 is 27.9. The van der Waals surface area contributed by atoms with Gasteiger partial charge in [-0.2, -0.15) is 0 Å². The molecule has 0 bridgehead atoms. The van der Waals surface area contributed by atoms with Crippen molar-refractivity contribution in [3.8, 4) is 11.3 Å². The maximum atomic E-state index is 13.1. The van der Waals surface area contributed by atoms with Gasteiger partial charge in [-0.3, -0.25) is 9.69 Å². The minimum Gasteiger partial charge on any atom is -0.301 e. The molecule has 4 rings (SSSR count). The molecule has 0 radical (unpaired) electrons. The van der Waals surface area contributed by atoms with Gasteiger partial charge in [0.2, 0.25) is 15.9 Å². The number of carbonyl (C=O) groups is 1. The van der Waals surface area contributed by atoms with Crippen molar-refractivity contribution in [2.45, 2.75) is 53.9 Å². The number of anilines is 1. The predicted octanol–water partition coefficient (Wildman–Crippen LogP) is 4.86. The molecular formula is C27H40N4O3S2. The SMILES string of the molecule is Cc1sc(NC(=O)CN2CCC3(CC2)CN(S(=O)(=O)CC(C)C)CC(C)(C)C3)nc1-c1ccccc1. The molecule has 198 valence electrons. The van der Waals surface area contributed by atoms with Gasteiger partial charge in [0.25, 0.3) is 0 Å². The van der Waals surface area contributed by atoms with Crippen LogP contribution >= 0.6 is 11.3 Å². The molecule has 3 heterocycles. The highest BCUT2D eigenvalue weighted by molar-refractivity contribution is 7.89. The zero-order valence-electron chi connectivity index (χ0n) is 22.2. The van der Waals surface area contributed by atoms with Gasteiger partial charge < -0.3 is 5.32 Å². The fourth-order valence-corrected chi connectivity index (χ4v) is 8.88. The molecule has 0 unspecified atom stereocenters. The molecule has 0 aliphatic carbocycles. The molecule has 2 saturated heterocycles. The maximum Gasteiger partial charge on any atom is 0.240 e. The van der Waals surface area contributed by atoms with Crippen molar-refractivity contribution < 1.29 is 13.2 Å². The summed E-state index contributed by atoms with van der Waals surface area (Å²) in [6.45, 7) is 13.4. The van der Waals surface area contributed by atoms with Gasteiger partial charge in [0, 0.05) is 23.5 Å². The molecule has 2 aliphatic heterocycles. The molecule has 2 aliphatic rings. The number of likely N-dealkylation sites (tertiary alicyclic amines) is 1. The van der Waals surface area contributed by atoms with Gasteiger partial charge in [-0.1, -0.05) is 58.0 Å². The minimum atomic E-state index is -3.27. The fourth-order valence-electron chi connectivity index (χ4n) is 5.95. The summed E-state index contributed by atoms with van der Waals surface area (Å²) in [5.74, 6) is 0.263. The van der Waals surface area contributed by atoms with E-state index >= 15 is 0 Å². The van der Waals surface area contributed by atoms with E-state index in [1.54, 1.807) is 4.31 Å². The average Bonchev–Trinajstić information content (AvgIpc) is 3.14. The zero-order chi connectivity index (χ0) is 26.1. The van der Waals surface area contributed by atoms with Crippen molar-refractivity contribution in [2.75, 3.05) is 43.8 Å². The van der Waals surface area contributed by atoms with Gasteiger partial charge in [-0.25, -0.2) is 17.7 Å². The average molecular weight is 533 g/mol. The van der Waals surface area contributed by atoms with E-state index in [9.17, 15) is 13.2 Å². The van der Waals surface area contributed by atoms with E-state index in [-0.39, 0.29) is 28.4 Å². The Morgan fingerprint density at radius 2 is 1.81 bits per heavy atom. The monoisotopic (exact) mass is 532 g/mol. The molecule has 9 heteroatoms. The topological polar surface area (TPSA) is 82.6 Å². The normalized spacial score (nSPS) is 20.6. The van der Waals surface area contributed by atoms with E-state index in [0.717, 1.165) is 48.5 Å². The lowest BCUT2D eigenvalue weighted by Crippen LogP contribution is -2.56. The quantitative estimate of drug-likeness (QED) is 0.551. The minimum absolute atomic E-state index is 0.0181. The number of amides is 1. The molecule has 0 saturated carbocycles. The number of sulfonamides is 1. The van der Waals surface area contributed by atoms with Crippen LogP contribution in [0, 0.1) is 23.7 Å². The van der Waals surface area contributed by atoms with Crippen LogP contribution in [-0.2, 0) is 14.8 Å². The zero-order valence-corrected chi connectivity index (χ0v) is 23.8. The Morgan fingerprint density at radius 1 is 1.14 bits per heavy atom. The highest BCUT2D eigenvalue weighted by atomic mass is 32.2. The van der Waals surface area contributed by atoms with Gasteiger partial charge in [-0.15, -0.1) is 11.3 Å². The van der Waals surface area contributed by atoms with Crippen molar-refractivity contribution in [3.05, 3.63) is 35.2 Å². The standard InChI is InChI=1S/C27H40N4O3S2/c1-20(2)16-36(33,34)31-18-26(4,5)17-27(19-31)11-13-30(14-12-27)15-23(32)28-25-29-24(21(3)35-25)22-9-7-6-8-10-22/h6-10,20H,11-19H2,1-5H3,(H,28,29,32). The number of rotatable bonds is 7. The van der Waals surface area contributed by atoms with Crippen molar-refractivity contribution in [1.29, 1.82) is 0 Å². The van der Waals surface area contributed by atoms with E-state index in [1.165, 1.54) is 11.3 Å². The molecule has 1 aromatic heterocycles. The van der Waals surface area contributed by atoms with Gasteiger partial charge in [-0.05, 0) is 56.0 Å². The molecule has 1 N–H and O–H groups in total. The largest absolute Gasteiger partial charge is 0.301 e. The van der Waals surface area contributed by atoms with Crippen LogP contribution in [0.2, 0.25) is 0 Å². The first-order valence-corrected chi connectivity index (χ1v) is 15.3. The number of aromatic nitrogens is 1. The van der Waals surface area contributed by atoms with Gasteiger partial charge >= 0.3 is 0 Å². The number of thiazole rings is 1. The van der Waals surface area contributed by atoms with E-state index in [0.29, 0.717) is 24.8 Å². The third kappa shape index (κ3) is 6.54. The second-order valence-electron chi connectivity index (χ2n) is 11.9. The Hall–Kier alpha value is -1.81. The lowest BCUT2D eigenvalue weighted by molar-refractivity contribution is -0.118. The number of benzene rings is 1. The van der Waals surface area contributed by atoms with Gasteiger partial charge in [0.05, 0.1) is 18.0 Å². The van der Waals surface area contributed by atoms with Crippen LogP contribution < -0.4 is 5.32 Å². The van der Waals surface area contributed by atoms with Crippen LogP contribution in [0.15, 0.2) is 30.3 Å². The Morgan fingerprint density at radius 3 is 2.44 bits per heavy atom. The lowest BCUT2D eigenvalue weighted by atomic mass is 9.65. The van der Waals surface area contributed by atoms with Crippen LogP contribution in [0.25, 0.3) is 11.3 Å². The third-order valence-electron chi connectivity index (χ3n) is 7.28. The number of hydrogen-bond acceptors (Lipinski definition) is 6. The molecule has 7 nitrogen and oxygen atoms in total. The first-order valence-electron chi connectivity index (χ1n) is 12.9. The molecule has 1 aromatic carbocycles. The van der Waals surface area contributed by atoms with E-state index in [1.807, 2.05) is 51.1 Å². The highest BCUT2D eigenvalue weighted by Crippen LogP contribution is 2.47. The van der Waals surface area contributed by atoms with E-state index < -0.39 is 10.0 Å². The first kappa shape index (κ1) is 27.2. The lowest BCUT2D eigenvalue weighted by Gasteiger charge is -2.52. The van der Waals surface area contributed by atoms with Crippen molar-refractivity contribution in [2.24, 2.45) is 16.7 Å². The smallest absolute Gasteiger partial charge is 0.240 e. The summed E-state index contributed by atoms with van der Waals surface area (Å²) in [5.41, 5.74) is 1.89. The first-order chi connectivity index (χ1) is 16.9. The van der Waals surface area contributed by atoms with Gasteiger partial charge in [0.15, 0.2) is 5.13 Å². The number of carbonyl (C=O) groups excluding carboxylic acids is 1. The number of hydrogen-bond donors (Lipinski definition) is 1. The second-order valence-corrected chi connectivity index (χ2v) is 15.1. The summed E-state index contributed by atoms with van der Waals surface area (Å²) >= 11 is 1.50. The molecule has 1 spiro atoms. The number of piperidine rings is 2. The summed E-state index contributed by atoms with van der Waals surface area (Å²) in [6.07, 6.45) is 2.84. The second kappa shape index (κ2) is 10.5. The molecule has 1 amide bonds. The van der Waals surface area contributed by atoms with E-state index in [4.69, 9.17) is 0 Å². The number of aryl methyl sites for hydroxylation is 1. The van der Waals surface area contributed by atoms with Crippen molar-refractivity contribution in [1.82, 2.24) is 14.2 Å². The fraction of sp³-hybridized carbons (Fsp3) is 0.630. The molecule has 0 atom stereocenters. The molecule has 2 aromatic rings. The Kier molecular flexibility index (Phi) is 7.95. The summed E-state index contributed by atoms with van der Waals surface area (Å²) in [4.78, 5) is 20.7. The third-order valence-corrected chi connectivity index (χ3v) is 10.3. The van der Waals surface area contributed by atoms with E-state index in [2.05, 4.69) is 29.0 Å². The van der Waals surface area contributed by atoms with Crippen molar-refractivity contribution in [3.63, 3.8) is 0 Å². The molecule has 2 fully saturated rings. The Labute approximate surface area is 220 Å². The number of nitrogens with one attached hydrogen (secondary N) is 1.